The van der Waals surface area contributed by atoms with Crippen LogP contribution in [0.5, 0.6) is 0 Å². The lowest BCUT2D eigenvalue weighted by molar-refractivity contribution is 0.242. The summed E-state index contributed by atoms with van der Waals surface area (Å²) in [6.45, 7) is 4.84. The first-order chi connectivity index (χ1) is 14.3. The number of aromatic nitrogens is 4. The number of aryl methyl sites for hydroxylation is 1. The highest BCUT2D eigenvalue weighted by Gasteiger charge is 2.20. The lowest BCUT2D eigenvalue weighted by Gasteiger charge is -2.27. The summed E-state index contributed by atoms with van der Waals surface area (Å²) in [4.78, 5) is 11.9. The Morgan fingerprint density at radius 2 is 1.72 bits per heavy atom. The van der Waals surface area contributed by atoms with E-state index < -0.39 is 0 Å². The van der Waals surface area contributed by atoms with Crippen molar-refractivity contribution in [2.75, 3.05) is 6.54 Å². The number of hydrogen-bond donors (Lipinski definition) is 0. The molecule has 0 saturated carbocycles. The molecule has 29 heavy (non-hydrogen) atoms. The van der Waals surface area contributed by atoms with Gasteiger partial charge in [-0.2, -0.15) is 5.10 Å². The summed E-state index contributed by atoms with van der Waals surface area (Å²) >= 11 is 0. The molecule has 2 aromatic heterocycles. The number of nitrogens with zero attached hydrogens (tertiary/aromatic N) is 5. The second kappa shape index (κ2) is 7.60. The zero-order valence-electron chi connectivity index (χ0n) is 16.5. The summed E-state index contributed by atoms with van der Waals surface area (Å²) in [5.74, 6) is 0.817. The Morgan fingerprint density at radius 3 is 2.52 bits per heavy atom. The molecule has 0 unspecified atom stereocenters. The van der Waals surface area contributed by atoms with E-state index in [0.717, 1.165) is 48.8 Å². The maximum atomic E-state index is 4.83. The molecule has 0 bridgehead atoms. The Bertz CT molecular complexity index is 1120. The van der Waals surface area contributed by atoms with Gasteiger partial charge < -0.3 is 0 Å². The molecule has 1 aliphatic rings. The summed E-state index contributed by atoms with van der Waals surface area (Å²) in [6, 6.07) is 20.4. The molecule has 0 saturated heterocycles. The van der Waals surface area contributed by atoms with Crippen molar-refractivity contribution < 1.29 is 0 Å². The molecule has 0 fully saturated rings. The molecule has 0 N–H and O–H groups in total. The van der Waals surface area contributed by atoms with E-state index in [9.17, 15) is 0 Å². The van der Waals surface area contributed by atoms with Crippen LogP contribution in [-0.2, 0) is 19.5 Å². The standard InChI is InChI=1S/C24H23N5/c1-18-21(17-29(27-18)22-10-6-3-7-11-22)16-28-13-12-23-20(15-28)14-25-24(26-23)19-8-4-2-5-9-19/h2-11,14,17H,12-13,15-16H2,1H3. The highest BCUT2D eigenvalue weighted by atomic mass is 15.3. The van der Waals surface area contributed by atoms with Gasteiger partial charge in [-0.05, 0) is 19.1 Å². The van der Waals surface area contributed by atoms with Gasteiger partial charge in [0.15, 0.2) is 5.82 Å². The Labute approximate surface area is 170 Å². The average Bonchev–Trinajstić information content (AvgIpc) is 3.15. The molecule has 0 radical (unpaired) electrons. The zero-order chi connectivity index (χ0) is 19.6. The van der Waals surface area contributed by atoms with Crippen LogP contribution in [0.1, 0.15) is 22.5 Å². The molecule has 0 spiro atoms. The van der Waals surface area contributed by atoms with E-state index in [1.54, 1.807) is 0 Å². The molecule has 144 valence electrons. The fourth-order valence-electron chi connectivity index (χ4n) is 3.84. The SMILES string of the molecule is Cc1nn(-c2ccccc2)cc1CN1CCc2nc(-c3ccccc3)ncc2C1. The molecular weight excluding hydrogens is 358 g/mol. The quantitative estimate of drug-likeness (QED) is 0.532. The highest BCUT2D eigenvalue weighted by Crippen LogP contribution is 2.23. The van der Waals surface area contributed by atoms with Gasteiger partial charge in [0, 0.05) is 55.1 Å². The first-order valence-electron chi connectivity index (χ1n) is 9.99. The third-order valence-corrected chi connectivity index (χ3v) is 5.46. The normalized spacial score (nSPS) is 14.0. The lowest BCUT2D eigenvalue weighted by atomic mass is 10.1. The van der Waals surface area contributed by atoms with Gasteiger partial charge in [-0.1, -0.05) is 48.5 Å². The predicted molar refractivity (Wildman–Crippen MR) is 114 cm³/mol. The summed E-state index contributed by atoms with van der Waals surface area (Å²) in [6.07, 6.45) is 5.09. The Morgan fingerprint density at radius 1 is 0.966 bits per heavy atom. The number of hydrogen-bond acceptors (Lipinski definition) is 4. The number of rotatable bonds is 4. The largest absolute Gasteiger partial charge is 0.294 e. The topological polar surface area (TPSA) is 46.8 Å². The van der Waals surface area contributed by atoms with Crippen molar-refractivity contribution in [3.05, 3.63) is 95.6 Å². The first kappa shape index (κ1) is 17.8. The van der Waals surface area contributed by atoms with E-state index >= 15 is 0 Å². The van der Waals surface area contributed by atoms with Gasteiger partial charge in [0.2, 0.25) is 0 Å². The molecule has 0 atom stereocenters. The van der Waals surface area contributed by atoms with Crippen LogP contribution in [0.2, 0.25) is 0 Å². The van der Waals surface area contributed by atoms with Gasteiger partial charge >= 0.3 is 0 Å². The molecular formula is C24H23N5. The van der Waals surface area contributed by atoms with Crippen molar-refractivity contribution in [1.29, 1.82) is 0 Å². The number of fused-ring (bicyclic) bond motifs is 1. The van der Waals surface area contributed by atoms with Crippen LogP contribution in [0.15, 0.2) is 73.1 Å². The maximum Gasteiger partial charge on any atom is 0.159 e. The van der Waals surface area contributed by atoms with E-state index in [1.807, 2.05) is 47.3 Å². The van der Waals surface area contributed by atoms with Crippen LogP contribution < -0.4 is 0 Å². The van der Waals surface area contributed by atoms with Crippen molar-refractivity contribution in [2.45, 2.75) is 26.4 Å². The number of para-hydroxylation sites is 1. The fourth-order valence-corrected chi connectivity index (χ4v) is 3.84. The van der Waals surface area contributed by atoms with Gasteiger partial charge in [0.25, 0.3) is 0 Å². The van der Waals surface area contributed by atoms with Crippen LogP contribution in [0, 0.1) is 6.92 Å². The molecule has 5 heteroatoms. The van der Waals surface area contributed by atoms with Crippen LogP contribution >= 0.6 is 0 Å². The van der Waals surface area contributed by atoms with E-state index in [0.29, 0.717) is 0 Å². The third-order valence-electron chi connectivity index (χ3n) is 5.46. The Kier molecular flexibility index (Phi) is 4.66. The molecule has 0 amide bonds. The summed E-state index contributed by atoms with van der Waals surface area (Å²) in [5.41, 5.74) is 6.90. The van der Waals surface area contributed by atoms with Crippen molar-refractivity contribution in [1.82, 2.24) is 24.6 Å². The highest BCUT2D eigenvalue weighted by molar-refractivity contribution is 5.54. The number of benzene rings is 2. The van der Waals surface area contributed by atoms with Crippen molar-refractivity contribution in [2.24, 2.45) is 0 Å². The smallest absolute Gasteiger partial charge is 0.159 e. The second-order valence-electron chi connectivity index (χ2n) is 7.51. The van der Waals surface area contributed by atoms with E-state index in [-0.39, 0.29) is 0 Å². The first-order valence-corrected chi connectivity index (χ1v) is 9.99. The van der Waals surface area contributed by atoms with Gasteiger partial charge in [0.1, 0.15) is 0 Å². The van der Waals surface area contributed by atoms with Gasteiger partial charge in [0.05, 0.1) is 17.1 Å². The molecule has 5 nitrogen and oxygen atoms in total. The minimum atomic E-state index is 0.817. The molecule has 5 rings (SSSR count). The van der Waals surface area contributed by atoms with Crippen LogP contribution in [0.25, 0.3) is 17.1 Å². The summed E-state index contributed by atoms with van der Waals surface area (Å²) in [5, 5.41) is 4.70. The van der Waals surface area contributed by atoms with Crippen molar-refractivity contribution >= 4 is 0 Å². The fraction of sp³-hybridized carbons (Fsp3) is 0.208. The molecule has 4 aromatic rings. The van der Waals surface area contributed by atoms with Crippen LogP contribution in [0.3, 0.4) is 0 Å². The Balaban J connectivity index is 1.32. The van der Waals surface area contributed by atoms with Gasteiger partial charge in [-0.15, -0.1) is 0 Å². The molecule has 2 aromatic carbocycles. The minimum absolute atomic E-state index is 0.817. The molecule has 0 aliphatic carbocycles. The van der Waals surface area contributed by atoms with Crippen LogP contribution in [-0.4, -0.2) is 31.2 Å². The third kappa shape index (κ3) is 3.69. The van der Waals surface area contributed by atoms with Crippen molar-refractivity contribution in [3.63, 3.8) is 0 Å². The summed E-state index contributed by atoms with van der Waals surface area (Å²) < 4.78 is 1.97. The Hall–Kier alpha value is -3.31. The summed E-state index contributed by atoms with van der Waals surface area (Å²) in [7, 11) is 0. The second-order valence-corrected chi connectivity index (χ2v) is 7.51. The van der Waals surface area contributed by atoms with Gasteiger partial charge in [-0.25, -0.2) is 14.6 Å². The lowest BCUT2D eigenvalue weighted by Crippen LogP contribution is -2.31. The average molecular weight is 381 g/mol. The van der Waals surface area contributed by atoms with Crippen molar-refractivity contribution in [3.8, 4) is 17.1 Å². The van der Waals surface area contributed by atoms with E-state index in [2.05, 4.69) is 47.3 Å². The molecule has 3 heterocycles. The zero-order valence-corrected chi connectivity index (χ0v) is 16.5. The molecule has 1 aliphatic heterocycles. The minimum Gasteiger partial charge on any atom is -0.294 e. The van der Waals surface area contributed by atoms with Gasteiger partial charge in [-0.3, -0.25) is 4.90 Å². The monoisotopic (exact) mass is 381 g/mol. The van der Waals surface area contributed by atoms with Crippen LogP contribution in [0.4, 0.5) is 0 Å². The predicted octanol–water partition coefficient (Wildman–Crippen LogP) is 4.20. The maximum absolute atomic E-state index is 4.83. The van der Waals surface area contributed by atoms with E-state index in [4.69, 9.17) is 10.1 Å². The van der Waals surface area contributed by atoms with E-state index in [1.165, 1.54) is 16.8 Å².